The van der Waals surface area contributed by atoms with E-state index in [0.29, 0.717) is 44.1 Å². The van der Waals surface area contributed by atoms with Crippen molar-refractivity contribution >= 4 is 11.9 Å². The van der Waals surface area contributed by atoms with Gasteiger partial charge in [-0.3, -0.25) is 4.90 Å². The standard InChI is InChI=1S/C20H28N6O4/c21-7-11-26(14-16-4-2-6-18(25-16)20(29)30)12-10-22-8-9-23-13-15-3-1-5-17(24-15)19(27)28/h1-6,22-23H,7-14,21H2,(H,27,28)(H,29,30). The second-order valence-corrected chi connectivity index (χ2v) is 6.63. The Hall–Kier alpha value is -2.92. The van der Waals surface area contributed by atoms with Crippen molar-refractivity contribution in [1.82, 2.24) is 25.5 Å². The third kappa shape index (κ3) is 8.21. The quantitative estimate of drug-likeness (QED) is 0.266. The van der Waals surface area contributed by atoms with Gasteiger partial charge in [-0.05, 0) is 24.3 Å². The molecule has 0 radical (unpaired) electrons. The zero-order valence-electron chi connectivity index (χ0n) is 16.8. The molecule has 10 heteroatoms. The molecule has 0 atom stereocenters. The second kappa shape index (κ2) is 12.6. The number of hydrogen-bond donors (Lipinski definition) is 5. The Morgan fingerprint density at radius 1 is 0.867 bits per heavy atom. The van der Waals surface area contributed by atoms with Crippen molar-refractivity contribution in [1.29, 1.82) is 0 Å². The number of pyridine rings is 2. The lowest BCUT2D eigenvalue weighted by atomic mass is 10.2. The summed E-state index contributed by atoms with van der Waals surface area (Å²) in [5, 5.41) is 24.6. The third-order valence-corrected chi connectivity index (χ3v) is 4.27. The van der Waals surface area contributed by atoms with E-state index < -0.39 is 11.9 Å². The van der Waals surface area contributed by atoms with E-state index >= 15 is 0 Å². The molecule has 6 N–H and O–H groups in total. The van der Waals surface area contributed by atoms with Gasteiger partial charge in [-0.25, -0.2) is 19.6 Å². The molecule has 0 spiro atoms. The monoisotopic (exact) mass is 416 g/mol. The average Bonchev–Trinajstić information content (AvgIpc) is 2.73. The van der Waals surface area contributed by atoms with Crippen molar-refractivity contribution < 1.29 is 19.8 Å². The van der Waals surface area contributed by atoms with Gasteiger partial charge in [-0.15, -0.1) is 0 Å². The lowest BCUT2D eigenvalue weighted by molar-refractivity contribution is 0.0679. The molecule has 0 aromatic carbocycles. The maximum atomic E-state index is 11.1. The molecule has 0 saturated carbocycles. The predicted octanol–water partition coefficient (Wildman–Crippen LogP) is 0.0131. The molecule has 0 aliphatic carbocycles. The van der Waals surface area contributed by atoms with Crippen molar-refractivity contribution in [2.24, 2.45) is 5.73 Å². The predicted molar refractivity (Wildman–Crippen MR) is 111 cm³/mol. The molecule has 2 heterocycles. The molecule has 0 amide bonds. The van der Waals surface area contributed by atoms with Gasteiger partial charge in [0.25, 0.3) is 0 Å². The highest BCUT2D eigenvalue weighted by molar-refractivity contribution is 5.85. The number of rotatable bonds is 14. The number of aromatic carboxylic acids is 2. The third-order valence-electron chi connectivity index (χ3n) is 4.27. The van der Waals surface area contributed by atoms with E-state index in [1.54, 1.807) is 24.3 Å². The van der Waals surface area contributed by atoms with Gasteiger partial charge in [0.1, 0.15) is 11.4 Å². The van der Waals surface area contributed by atoms with E-state index in [1.807, 2.05) is 0 Å². The van der Waals surface area contributed by atoms with Gasteiger partial charge in [0, 0.05) is 52.4 Å². The first-order valence-electron chi connectivity index (χ1n) is 9.72. The molecule has 0 saturated heterocycles. The van der Waals surface area contributed by atoms with Crippen molar-refractivity contribution in [3.8, 4) is 0 Å². The summed E-state index contributed by atoms with van der Waals surface area (Å²) in [4.78, 5) is 32.3. The topological polar surface area (TPSA) is 154 Å². The van der Waals surface area contributed by atoms with Crippen molar-refractivity contribution in [2.75, 3.05) is 39.3 Å². The van der Waals surface area contributed by atoms with Crippen LogP contribution in [0.5, 0.6) is 0 Å². The zero-order valence-corrected chi connectivity index (χ0v) is 16.8. The molecular weight excluding hydrogens is 388 g/mol. The number of nitrogens with zero attached hydrogens (tertiary/aromatic N) is 3. The fourth-order valence-corrected chi connectivity index (χ4v) is 2.82. The van der Waals surface area contributed by atoms with Crippen LogP contribution in [0.15, 0.2) is 36.4 Å². The van der Waals surface area contributed by atoms with Crippen LogP contribution in [0.25, 0.3) is 0 Å². The van der Waals surface area contributed by atoms with Crippen molar-refractivity contribution in [2.45, 2.75) is 13.1 Å². The van der Waals surface area contributed by atoms with Crippen LogP contribution in [-0.4, -0.2) is 76.3 Å². The van der Waals surface area contributed by atoms with E-state index in [-0.39, 0.29) is 11.4 Å². The fraction of sp³-hybridized carbons (Fsp3) is 0.400. The van der Waals surface area contributed by atoms with Crippen LogP contribution in [0.2, 0.25) is 0 Å². The number of carboxylic acids is 2. The molecule has 0 fully saturated rings. The Bertz CT molecular complexity index is 832. The zero-order chi connectivity index (χ0) is 21.8. The minimum atomic E-state index is -1.04. The first kappa shape index (κ1) is 23.4. The summed E-state index contributed by atoms with van der Waals surface area (Å²) in [5.41, 5.74) is 7.14. The Kier molecular flexibility index (Phi) is 9.81. The molecule has 2 aromatic rings. The molecule has 0 aliphatic rings. The van der Waals surface area contributed by atoms with E-state index in [9.17, 15) is 9.59 Å². The summed E-state index contributed by atoms with van der Waals surface area (Å²) >= 11 is 0. The van der Waals surface area contributed by atoms with Gasteiger partial charge in [0.2, 0.25) is 0 Å². The molecular formula is C20H28N6O4. The molecule has 0 aliphatic heterocycles. The van der Waals surface area contributed by atoms with Crippen molar-refractivity contribution in [3.63, 3.8) is 0 Å². The number of aromatic nitrogens is 2. The summed E-state index contributed by atoms with van der Waals surface area (Å²) in [5.74, 6) is -2.08. The molecule has 2 aromatic heterocycles. The summed E-state index contributed by atoms with van der Waals surface area (Å²) in [6.45, 7) is 5.15. The Balaban J connectivity index is 1.67. The fourth-order valence-electron chi connectivity index (χ4n) is 2.82. The maximum Gasteiger partial charge on any atom is 0.354 e. The highest BCUT2D eigenvalue weighted by Crippen LogP contribution is 2.04. The van der Waals surface area contributed by atoms with Crippen LogP contribution in [0, 0.1) is 0 Å². The van der Waals surface area contributed by atoms with Crippen LogP contribution >= 0.6 is 0 Å². The van der Waals surface area contributed by atoms with E-state index in [4.69, 9.17) is 15.9 Å². The van der Waals surface area contributed by atoms with Gasteiger partial charge in [-0.2, -0.15) is 0 Å². The minimum Gasteiger partial charge on any atom is -0.477 e. The first-order valence-corrected chi connectivity index (χ1v) is 9.72. The van der Waals surface area contributed by atoms with Gasteiger partial charge in [0.15, 0.2) is 0 Å². The lowest BCUT2D eigenvalue weighted by Gasteiger charge is -2.21. The number of hydrogen-bond acceptors (Lipinski definition) is 8. The van der Waals surface area contributed by atoms with Crippen LogP contribution in [0.1, 0.15) is 32.4 Å². The molecule has 2 rings (SSSR count). The molecule has 30 heavy (non-hydrogen) atoms. The maximum absolute atomic E-state index is 11.1. The molecule has 162 valence electrons. The summed E-state index contributed by atoms with van der Waals surface area (Å²) < 4.78 is 0. The Morgan fingerprint density at radius 3 is 2.10 bits per heavy atom. The van der Waals surface area contributed by atoms with Gasteiger partial charge >= 0.3 is 11.9 Å². The van der Waals surface area contributed by atoms with Gasteiger partial charge in [-0.1, -0.05) is 12.1 Å². The Morgan fingerprint density at radius 2 is 1.47 bits per heavy atom. The molecule has 0 bridgehead atoms. The molecule has 0 unspecified atom stereocenters. The normalized spacial score (nSPS) is 11.0. The number of carbonyl (C=O) groups is 2. The number of nitrogens with one attached hydrogen (secondary N) is 2. The highest BCUT2D eigenvalue weighted by Gasteiger charge is 2.09. The SMILES string of the molecule is NCCN(CCNCCNCc1cccc(C(=O)O)n1)Cc1cccc(C(=O)O)n1. The molecule has 10 nitrogen and oxygen atoms in total. The van der Waals surface area contributed by atoms with E-state index in [2.05, 4.69) is 25.5 Å². The average molecular weight is 416 g/mol. The summed E-state index contributed by atoms with van der Waals surface area (Å²) in [7, 11) is 0. The smallest absolute Gasteiger partial charge is 0.354 e. The lowest BCUT2D eigenvalue weighted by Crippen LogP contribution is -2.37. The number of carboxylic acid groups (broad SMARTS) is 2. The largest absolute Gasteiger partial charge is 0.477 e. The van der Waals surface area contributed by atoms with Gasteiger partial charge in [0.05, 0.1) is 11.4 Å². The second-order valence-electron chi connectivity index (χ2n) is 6.63. The van der Waals surface area contributed by atoms with Crippen LogP contribution in [-0.2, 0) is 13.1 Å². The van der Waals surface area contributed by atoms with Crippen LogP contribution in [0.4, 0.5) is 0 Å². The Labute approximate surface area is 175 Å². The van der Waals surface area contributed by atoms with E-state index in [1.165, 1.54) is 12.1 Å². The summed E-state index contributed by atoms with van der Waals surface area (Å²) in [6.07, 6.45) is 0. The van der Waals surface area contributed by atoms with Crippen LogP contribution in [0.3, 0.4) is 0 Å². The summed E-state index contributed by atoms with van der Waals surface area (Å²) in [6, 6.07) is 9.90. The van der Waals surface area contributed by atoms with Crippen LogP contribution < -0.4 is 16.4 Å². The first-order chi connectivity index (χ1) is 14.5. The van der Waals surface area contributed by atoms with Gasteiger partial charge < -0.3 is 26.6 Å². The highest BCUT2D eigenvalue weighted by atomic mass is 16.4. The van der Waals surface area contributed by atoms with E-state index in [0.717, 1.165) is 19.6 Å². The number of nitrogens with two attached hydrogens (primary N) is 1. The minimum absolute atomic E-state index is 0.0350. The van der Waals surface area contributed by atoms with Crippen molar-refractivity contribution in [3.05, 3.63) is 59.2 Å².